The van der Waals surface area contributed by atoms with Crippen LogP contribution in [0.1, 0.15) is 40.2 Å². The standard InChI is InChI=1S/C16H15F3N4OS/c1-9-6-13(16(17,18)19)22-23(9)8-14(24)21-15-11(7-20)10-4-2-3-5-12(10)25-15/h6H,2-5,8H2,1H3,(H,21,24). The smallest absolute Gasteiger partial charge is 0.315 e. The van der Waals surface area contributed by atoms with Crippen LogP contribution in [0, 0.1) is 18.3 Å². The molecule has 0 radical (unpaired) electrons. The van der Waals surface area contributed by atoms with Gasteiger partial charge in [-0.15, -0.1) is 11.3 Å². The number of aryl methyl sites for hydroxylation is 2. The minimum absolute atomic E-state index is 0.244. The van der Waals surface area contributed by atoms with E-state index in [0.29, 0.717) is 10.6 Å². The predicted octanol–water partition coefficient (Wildman–Crippen LogP) is 3.66. The molecule has 0 fully saturated rings. The maximum Gasteiger partial charge on any atom is 0.435 e. The number of carbonyl (C=O) groups is 1. The maximum atomic E-state index is 12.7. The number of nitrogens with zero attached hydrogens (tertiary/aromatic N) is 3. The minimum Gasteiger partial charge on any atom is -0.315 e. The monoisotopic (exact) mass is 368 g/mol. The molecule has 1 aliphatic rings. The fourth-order valence-electron chi connectivity index (χ4n) is 2.88. The lowest BCUT2D eigenvalue weighted by atomic mass is 9.96. The number of anilines is 1. The number of hydrogen-bond donors (Lipinski definition) is 1. The van der Waals surface area contributed by atoms with Gasteiger partial charge in [-0.2, -0.15) is 23.5 Å². The van der Waals surface area contributed by atoms with Gasteiger partial charge in [0.15, 0.2) is 5.69 Å². The highest BCUT2D eigenvalue weighted by Crippen LogP contribution is 2.37. The molecule has 0 bridgehead atoms. The minimum atomic E-state index is -4.55. The summed E-state index contributed by atoms with van der Waals surface area (Å²) in [6.45, 7) is 1.12. The van der Waals surface area contributed by atoms with E-state index in [4.69, 9.17) is 0 Å². The summed E-state index contributed by atoms with van der Waals surface area (Å²) in [4.78, 5) is 13.3. The van der Waals surface area contributed by atoms with Crippen LogP contribution in [-0.2, 0) is 30.4 Å². The average Bonchev–Trinajstić information content (AvgIpc) is 3.07. The molecule has 0 saturated heterocycles. The number of amides is 1. The molecule has 1 amide bonds. The van der Waals surface area contributed by atoms with Gasteiger partial charge in [0.1, 0.15) is 17.6 Å². The molecule has 0 atom stereocenters. The van der Waals surface area contributed by atoms with Gasteiger partial charge in [0.25, 0.3) is 0 Å². The lowest BCUT2D eigenvalue weighted by Gasteiger charge is -2.09. The summed E-state index contributed by atoms with van der Waals surface area (Å²) in [7, 11) is 0. The molecule has 132 valence electrons. The quantitative estimate of drug-likeness (QED) is 0.899. The van der Waals surface area contributed by atoms with Gasteiger partial charge in [-0.3, -0.25) is 9.48 Å². The Morgan fingerprint density at radius 2 is 2.16 bits per heavy atom. The van der Waals surface area contributed by atoms with E-state index in [1.54, 1.807) is 0 Å². The van der Waals surface area contributed by atoms with Crippen molar-refractivity contribution in [2.24, 2.45) is 0 Å². The number of alkyl halides is 3. The van der Waals surface area contributed by atoms with Crippen molar-refractivity contribution >= 4 is 22.2 Å². The van der Waals surface area contributed by atoms with Gasteiger partial charge < -0.3 is 5.32 Å². The van der Waals surface area contributed by atoms with Crippen molar-refractivity contribution in [3.05, 3.63) is 33.5 Å². The second-order valence-electron chi connectivity index (χ2n) is 5.90. The van der Waals surface area contributed by atoms with E-state index >= 15 is 0 Å². The Bertz CT molecular complexity index is 860. The molecule has 2 aromatic heterocycles. The van der Waals surface area contributed by atoms with Gasteiger partial charge in [0.05, 0.1) is 5.56 Å². The summed E-state index contributed by atoms with van der Waals surface area (Å²) in [6, 6.07) is 3.03. The van der Waals surface area contributed by atoms with E-state index < -0.39 is 17.8 Å². The first-order chi connectivity index (χ1) is 11.8. The molecule has 1 N–H and O–H groups in total. The Labute approximate surface area is 146 Å². The molecule has 25 heavy (non-hydrogen) atoms. The summed E-state index contributed by atoms with van der Waals surface area (Å²) in [5.41, 5.74) is 0.681. The van der Waals surface area contributed by atoms with E-state index in [0.717, 1.165) is 46.9 Å². The molecule has 0 aromatic carbocycles. The third-order valence-electron chi connectivity index (χ3n) is 4.10. The van der Waals surface area contributed by atoms with Gasteiger partial charge in [0.2, 0.25) is 5.91 Å². The van der Waals surface area contributed by atoms with Crippen molar-refractivity contribution < 1.29 is 18.0 Å². The number of rotatable bonds is 3. The zero-order valence-corrected chi connectivity index (χ0v) is 14.2. The zero-order valence-electron chi connectivity index (χ0n) is 13.4. The SMILES string of the molecule is Cc1cc(C(F)(F)F)nn1CC(=O)Nc1sc2c(c1C#N)CCCC2. The lowest BCUT2D eigenvalue weighted by molar-refractivity contribution is -0.141. The van der Waals surface area contributed by atoms with Crippen molar-refractivity contribution in [3.63, 3.8) is 0 Å². The number of thiophene rings is 1. The summed E-state index contributed by atoms with van der Waals surface area (Å²) < 4.78 is 39.1. The predicted molar refractivity (Wildman–Crippen MR) is 86.3 cm³/mol. The molecule has 2 aromatic rings. The number of halogens is 3. The summed E-state index contributed by atoms with van der Waals surface area (Å²) in [5.74, 6) is -0.505. The molecule has 0 spiro atoms. The molecule has 9 heteroatoms. The van der Waals surface area contributed by atoms with Gasteiger partial charge >= 0.3 is 6.18 Å². The second-order valence-corrected chi connectivity index (χ2v) is 7.01. The highest BCUT2D eigenvalue weighted by atomic mass is 32.1. The van der Waals surface area contributed by atoms with Crippen LogP contribution in [-0.4, -0.2) is 15.7 Å². The van der Waals surface area contributed by atoms with Crippen LogP contribution in [0.4, 0.5) is 18.2 Å². The molecule has 0 aliphatic heterocycles. The fraction of sp³-hybridized carbons (Fsp3) is 0.438. The van der Waals surface area contributed by atoms with E-state index in [2.05, 4.69) is 16.5 Å². The lowest BCUT2D eigenvalue weighted by Crippen LogP contribution is -2.20. The van der Waals surface area contributed by atoms with Crippen LogP contribution in [0.3, 0.4) is 0 Å². The van der Waals surface area contributed by atoms with Crippen LogP contribution >= 0.6 is 11.3 Å². The fourth-order valence-corrected chi connectivity index (χ4v) is 4.14. The van der Waals surface area contributed by atoms with Crippen LogP contribution in [0.25, 0.3) is 0 Å². The first kappa shape index (κ1) is 17.5. The first-order valence-electron chi connectivity index (χ1n) is 7.75. The van der Waals surface area contributed by atoms with E-state index in [1.165, 1.54) is 18.3 Å². The van der Waals surface area contributed by atoms with Gasteiger partial charge in [-0.25, -0.2) is 0 Å². The molecule has 0 saturated carbocycles. The van der Waals surface area contributed by atoms with Gasteiger partial charge in [-0.05, 0) is 44.2 Å². The van der Waals surface area contributed by atoms with Crippen molar-refractivity contribution in [1.82, 2.24) is 9.78 Å². The largest absolute Gasteiger partial charge is 0.435 e. The van der Waals surface area contributed by atoms with Gasteiger partial charge in [0, 0.05) is 10.6 Å². The van der Waals surface area contributed by atoms with E-state index in [9.17, 15) is 23.2 Å². The van der Waals surface area contributed by atoms with E-state index in [-0.39, 0.29) is 12.2 Å². The van der Waals surface area contributed by atoms with Crippen molar-refractivity contribution in [2.75, 3.05) is 5.32 Å². The Hall–Kier alpha value is -2.34. The number of hydrogen-bond acceptors (Lipinski definition) is 4. The van der Waals surface area contributed by atoms with Crippen LogP contribution in [0.5, 0.6) is 0 Å². The first-order valence-corrected chi connectivity index (χ1v) is 8.57. The molecule has 3 rings (SSSR count). The van der Waals surface area contributed by atoms with Crippen molar-refractivity contribution in [2.45, 2.75) is 45.3 Å². The third kappa shape index (κ3) is 3.54. The normalized spacial score (nSPS) is 14.0. The topological polar surface area (TPSA) is 70.7 Å². The zero-order chi connectivity index (χ0) is 18.2. The van der Waals surface area contributed by atoms with E-state index in [1.807, 2.05) is 0 Å². The molecule has 2 heterocycles. The number of carbonyl (C=O) groups excluding carboxylic acids is 1. The molecular weight excluding hydrogens is 353 g/mol. The van der Waals surface area contributed by atoms with Crippen molar-refractivity contribution in [3.8, 4) is 6.07 Å². The molecular formula is C16H15F3N4OS. The molecule has 0 unspecified atom stereocenters. The molecule has 1 aliphatic carbocycles. The number of fused-ring (bicyclic) bond motifs is 1. The summed E-state index contributed by atoms with van der Waals surface area (Å²) in [5, 5.41) is 15.9. The summed E-state index contributed by atoms with van der Waals surface area (Å²) >= 11 is 1.37. The van der Waals surface area contributed by atoms with Crippen LogP contribution < -0.4 is 5.32 Å². The molecule has 5 nitrogen and oxygen atoms in total. The van der Waals surface area contributed by atoms with Crippen molar-refractivity contribution in [1.29, 1.82) is 5.26 Å². The highest BCUT2D eigenvalue weighted by Gasteiger charge is 2.34. The third-order valence-corrected chi connectivity index (χ3v) is 5.31. The number of aromatic nitrogens is 2. The highest BCUT2D eigenvalue weighted by molar-refractivity contribution is 7.16. The second kappa shape index (κ2) is 6.52. The van der Waals surface area contributed by atoms with Gasteiger partial charge in [-0.1, -0.05) is 0 Å². The maximum absolute atomic E-state index is 12.7. The number of nitrogens with one attached hydrogen (secondary N) is 1. The average molecular weight is 368 g/mol. The Morgan fingerprint density at radius 1 is 1.44 bits per heavy atom. The number of nitriles is 1. The Morgan fingerprint density at radius 3 is 2.80 bits per heavy atom. The summed E-state index contributed by atoms with van der Waals surface area (Å²) in [6.07, 6.45) is -0.778. The Balaban J connectivity index is 1.77. The van der Waals surface area contributed by atoms with Crippen LogP contribution in [0.15, 0.2) is 6.07 Å². The Kier molecular flexibility index (Phi) is 4.56. The van der Waals surface area contributed by atoms with Crippen LogP contribution in [0.2, 0.25) is 0 Å².